The van der Waals surface area contributed by atoms with Crippen LogP contribution in [0.25, 0.3) is 4.96 Å². The molecule has 168 valence electrons. The van der Waals surface area contributed by atoms with Crippen LogP contribution >= 0.6 is 11.3 Å². The summed E-state index contributed by atoms with van der Waals surface area (Å²) in [5, 5.41) is 9.52. The summed E-state index contributed by atoms with van der Waals surface area (Å²) in [4.78, 5) is 22.8. The number of fused-ring (bicyclic) bond motifs is 1. The molecule has 0 aliphatic heterocycles. The fourth-order valence-electron chi connectivity index (χ4n) is 3.86. The number of imidazole rings is 1. The number of hydrogen-bond acceptors (Lipinski definition) is 5. The average Bonchev–Trinajstić information content (AvgIpc) is 3.50. The number of carbonyl (C=O) groups is 1. The lowest BCUT2D eigenvalue weighted by Crippen LogP contribution is -2.31. The molecule has 0 aliphatic rings. The van der Waals surface area contributed by atoms with E-state index in [0.29, 0.717) is 18.8 Å². The highest BCUT2D eigenvalue weighted by molar-refractivity contribution is 7.15. The molecule has 0 bridgehead atoms. The summed E-state index contributed by atoms with van der Waals surface area (Å²) in [7, 11) is 3.91. The summed E-state index contributed by atoms with van der Waals surface area (Å²) in [6, 6.07) is 12.4. The van der Waals surface area contributed by atoms with E-state index in [-0.39, 0.29) is 5.91 Å². The van der Waals surface area contributed by atoms with Gasteiger partial charge in [0, 0.05) is 44.0 Å². The first-order valence-corrected chi connectivity index (χ1v) is 11.9. The molecule has 3 aromatic heterocycles. The Morgan fingerprint density at radius 3 is 2.75 bits per heavy atom. The van der Waals surface area contributed by atoms with Crippen molar-refractivity contribution in [1.82, 2.24) is 29.4 Å². The average molecular weight is 451 g/mol. The predicted octanol–water partition coefficient (Wildman–Crippen LogP) is 4.02. The van der Waals surface area contributed by atoms with Crippen molar-refractivity contribution < 1.29 is 4.79 Å². The van der Waals surface area contributed by atoms with E-state index in [1.165, 1.54) is 5.56 Å². The SMILES string of the molecule is CCCc1cc(CN(C)Cc2c(C(=O)N(C)CCc3ccccc3)nc3sccn23)[nH]n1. The number of amides is 1. The fourth-order valence-corrected chi connectivity index (χ4v) is 4.59. The molecule has 4 rings (SSSR count). The molecule has 0 atom stereocenters. The quantitative estimate of drug-likeness (QED) is 0.396. The second kappa shape index (κ2) is 10.1. The van der Waals surface area contributed by atoms with E-state index < -0.39 is 0 Å². The van der Waals surface area contributed by atoms with Gasteiger partial charge in [-0.1, -0.05) is 43.7 Å². The Kier molecular flexibility index (Phi) is 7.02. The Labute approximate surface area is 192 Å². The Balaban J connectivity index is 1.47. The monoisotopic (exact) mass is 450 g/mol. The molecule has 32 heavy (non-hydrogen) atoms. The third kappa shape index (κ3) is 5.08. The van der Waals surface area contributed by atoms with Crippen LogP contribution in [-0.4, -0.2) is 55.9 Å². The van der Waals surface area contributed by atoms with Gasteiger partial charge in [0.05, 0.1) is 11.4 Å². The van der Waals surface area contributed by atoms with Crippen LogP contribution in [0.1, 0.15) is 46.5 Å². The van der Waals surface area contributed by atoms with Gasteiger partial charge in [-0.3, -0.25) is 19.2 Å². The minimum Gasteiger partial charge on any atom is -0.340 e. The van der Waals surface area contributed by atoms with Crippen molar-refractivity contribution in [3.63, 3.8) is 0 Å². The molecule has 0 fully saturated rings. The van der Waals surface area contributed by atoms with Crippen LogP contribution in [0.15, 0.2) is 48.0 Å². The van der Waals surface area contributed by atoms with Crippen LogP contribution in [0.4, 0.5) is 0 Å². The summed E-state index contributed by atoms with van der Waals surface area (Å²) in [6.45, 7) is 4.15. The molecule has 8 heteroatoms. The van der Waals surface area contributed by atoms with E-state index in [4.69, 9.17) is 0 Å². The molecule has 0 saturated carbocycles. The van der Waals surface area contributed by atoms with Crippen molar-refractivity contribution >= 4 is 22.2 Å². The molecule has 1 N–H and O–H groups in total. The number of thiazole rings is 1. The first-order valence-electron chi connectivity index (χ1n) is 11.0. The number of likely N-dealkylation sites (N-methyl/N-ethyl adjacent to an activating group) is 1. The number of aromatic amines is 1. The second-order valence-electron chi connectivity index (χ2n) is 8.23. The van der Waals surface area contributed by atoms with Crippen molar-refractivity contribution in [3.05, 3.63) is 76.3 Å². The molecule has 0 aliphatic carbocycles. The Hall–Kier alpha value is -2.97. The van der Waals surface area contributed by atoms with Crippen LogP contribution in [0.2, 0.25) is 0 Å². The lowest BCUT2D eigenvalue weighted by atomic mass is 10.1. The normalized spacial score (nSPS) is 11.5. The number of benzene rings is 1. The van der Waals surface area contributed by atoms with Gasteiger partial charge in [0.2, 0.25) is 0 Å². The first kappa shape index (κ1) is 22.2. The second-order valence-corrected chi connectivity index (χ2v) is 9.10. The number of nitrogens with zero attached hydrogens (tertiary/aromatic N) is 5. The van der Waals surface area contributed by atoms with E-state index in [9.17, 15) is 4.79 Å². The molecule has 4 aromatic rings. The van der Waals surface area contributed by atoms with Crippen molar-refractivity contribution in [1.29, 1.82) is 0 Å². The molecule has 1 aromatic carbocycles. The highest BCUT2D eigenvalue weighted by Gasteiger charge is 2.23. The molecule has 0 unspecified atom stereocenters. The van der Waals surface area contributed by atoms with Crippen molar-refractivity contribution in [2.45, 2.75) is 39.3 Å². The van der Waals surface area contributed by atoms with Crippen LogP contribution in [-0.2, 0) is 25.9 Å². The number of hydrogen-bond donors (Lipinski definition) is 1. The number of nitrogens with one attached hydrogen (secondary N) is 1. The Morgan fingerprint density at radius 1 is 1.16 bits per heavy atom. The topological polar surface area (TPSA) is 69.5 Å². The highest BCUT2D eigenvalue weighted by Crippen LogP contribution is 2.21. The zero-order chi connectivity index (χ0) is 22.5. The van der Waals surface area contributed by atoms with Gasteiger partial charge in [-0.25, -0.2) is 4.98 Å². The summed E-state index contributed by atoms with van der Waals surface area (Å²) in [6.07, 6.45) is 4.87. The Morgan fingerprint density at radius 2 is 1.97 bits per heavy atom. The minimum absolute atomic E-state index is 0.0352. The van der Waals surface area contributed by atoms with Gasteiger partial charge in [-0.15, -0.1) is 11.3 Å². The highest BCUT2D eigenvalue weighted by atomic mass is 32.1. The van der Waals surface area contributed by atoms with Gasteiger partial charge in [-0.05, 0) is 31.5 Å². The molecule has 1 amide bonds. The van der Waals surface area contributed by atoms with Crippen LogP contribution < -0.4 is 0 Å². The molecule has 0 radical (unpaired) electrons. The van der Waals surface area contributed by atoms with E-state index in [2.05, 4.69) is 52.3 Å². The molecule has 0 spiro atoms. The van der Waals surface area contributed by atoms with Crippen LogP contribution in [0, 0.1) is 0 Å². The third-order valence-corrected chi connectivity index (χ3v) is 6.30. The zero-order valence-corrected chi connectivity index (χ0v) is 19.7. The number of rotatable bonds is 10. The maximum absolute atomic E-state index is 13.3. The van der Waals surface area contributed by atoms with Crippen molar-refractivity contribution in [2.24, 2.45) is 0 Å². The van der Waals surface area contributed by atoms with E-state index in [1.54, 1.807) is 16.2 Å². The number of H-pyrrole nitrogens is 1. The lowest BCUT2D eigenvalue weighted by molar-refractivity contribution is 0.0789. The predicted molar refractivity (Wildman–Crippen MR) is 128 cm³/mol. The largest absolute Gasteiger partial charge is 0.340 e. The van der Waals surface area contributed by atoms with Gasteiger partial charge >= 0.3 is 0 Å². The van der Waals surface area contributed by atoms with Gasteiger partial charge in [0.25, 0.3) is 5.91 Å². The standard InChI is InChI=1S/C24H30N6OS/c1-4-8-19-15-20(27-26-19)16-28(2)17-21-22(25-24-30(21)13-14-32-24)23(31)29(3)12-11-18-9-6-5-7-10-18/h5-7,9-10,13-15H,4,8,11-12,16-17H2,1-3H3,(H,26,27). The van der Waals surface area contributed by atoms with Crippen LogP contribution in [0.3, 0.4) is 0 Å². The molecule has 0 saturated heterocycles. The molecular formula is C24H30N6OS. The fraction of sp³-hybridized carbons (Fsp3) is 0.375. The van der Waals surface area contributed by atoms with Crippen LogP contribution in [0.5, 0.6) is 0 Å². The van der Waals surface area contributed by atoms with Gasteiger partial charge < -0.3 is 4.90 Å². The summed E-state index contributed by atoms with van der Waals surface area (Å²) in [5.74, 6) is -0.0352. The van der Waals surface area contributed by atoms with Gasteiger partial charge in [0.15, 0.2) is 10.7 Å². The van der Waals surface area contributed by atoms with E-state index >= 15 is 0 Å². The number of aryl methyl sites for hydroxylation is 1. The maximum atomic E-state index is 13.3. The summed E-state index contributed by atoms with van der Waals surface area (Å²) < 4.78 is 2.04. The summed E-state index contributed by atoms with van der Waals surface area (Å²) >= 11 is 1.55. The Bertz CT molecular complexity index is 1160. The zero-order valence-electron chi connectivity index (χ0n) is 18.9. The lowest BCUT2D eigenvalue weighted by Gasteiger charge is -2.19. The van der Waals surface area contributed by atoms with Crippen molar-refractivity contribution in [3.8, 4) is 0 Å². The van der Waals surface area contributed by atoms with E-state index in [1.807, 2.05) is 41.2 Å². The molecule has 7 nitrogen and oxygen atoms in total. The first-order chi connectivity index (χ1) is 15.5. The van der Waals surface area contributed by atoms with Gasteiger partial charge in [0.1, 0.15) is 0 Å². The molecular weight excluding hydrogens is 420 g/mol. The van der Waals surface area contributed by atoms with Gasteiger partial charge in [-0.2, -0.15) is 5.10 Å². The smallest absolute Gasteiger partial charge is 0.274 e. The minimum atomic E-state index is -0.0352. The number of carbonyl (C=O) groups excluding carboxylic acids is 1. The maximum Gasteiger partial charge on any atom is 0.274 e. The van der Waals surface area contributed by atoms with E-state index in [0.717, 1.165) is 47.8 Å². The third-order valence-electron chi connectivity index (χ3n) is 5.54. The van der Waals surface area contributed by atoms with Crippen molar-refractivity contribution in [2.75, 3.05) is 20.6 Å². The molecule has 3 heterocycles. The summed E-state index contributed by atoms with van der Waals surface area (Å²) in [5.41, 5.74) is 4.86. The number of aromatic nitrogens is 4.